The fourth-order valence-corrected chi connectivity index (χ4v) is 4.18. The summed E-state index contributed by atoms with van der Waals surface area (Å²) in [6.45, 7) is 0. The minimum Gasteiger partial charge on any atom is -0.295 e. The Balaban J connectivity index is 1.69. The summed E-state index contributed by atoms with van der Waals surface area (Å²) >= 11 is 1.39. The molecule has 0 saturated carbocycles. The van der Waals surface area contributed by atoms with Gasteiger partial charge in [0, 0.05) is 16.2 Å². The van der Waals surface area contributed by atoms with E-state index in [1.54, 1.807) is 18.2 Å². The number of carbonyl (C=O) groups is 4. The van der Waals surface area contributed by atoms with E-state index in [-0.39, 0.29) is 18.7 Å². The van der Waals surface area contributed by atoms with Gasteiger partial charge in [0.15, 0.2) is 0 Å². The zero-order chi connectivity index (χ0) is 18.3. The molecule has 0 radical (unpaired) electrons. The first-order chi connectivity index (χ1) is 12.6. The van der Waals surface area contributed by atoms with Crippen molar-refractivity contribution in [1.82, 2.24) is 10.2 Å². The lowest BCUT2D eigenvalue weighted by Crippen LogP contribution is -2.54. The van der Waals surface area contributed by atoms with Crippen molar-refractivity contribution in [2.45, 2.75) is 28.7 Å². The van der Waals surface area contributed by atoms with Gasteiger partial charge in [-0.2, -0.15) is 0 Å². The quantitative estimate of drug-likeness (QED) is 0.843. The number of fused-ring (bicyclic) bond motifs is 1. The second kappa shape index (κ2) is 6.42. The highest BCUT2D eigenvalue weighted by Gasteiger charge is 2.45. The number of amides is 4. The summed E-state index contributed by atoms with van der Waals surface area (Å²) in [6.07, 6.45) is 0.257. The lowest BCUT2D eigenvalue weighted by atomic mass is 10.0. The molecule has 2 aromatic rings. The molecule has 26 heavy (non-hydrogen) atoms. The molecule has 1 fully saturated rings. The summed E-state index contributed by atoms with van der Waals surface area (Å²) in [4.78, 5) is 51.8. The molecule has 1 unspecified atom stereocenters. The van der Waals surface area contributed by atoms with Crippen molar-refractivity contribution in [3.05, 3.63) is 59.7 Å². The molecule has 2 aliphatic rings. The average molecular weight is 366 g/mol. The van der Waals surface area contributed by atoms with Crippen LogP contribution in [-0.2, 0) is 9.59 Å². The number of piperidine rings is 1. The molecular weight excluding hydrogens is 352 g/mol. The summed E-state index contributed by atoms with van der Waals surface area (Å²) in [6, 6.07) is 13.7. The number of hydrogen-bond acceptors (Lipinski definition) is 5. The van der Waals surface area contributed by atoms with Gasteiger partial charge in [-0.15, -0.1) is 0 Å². The van der Waals surface area contributed by atoms with Crippen LogP contribution in [0.4, 0.5) is 0 Å². The summed E-state index contributed by atoms with van der Waals surface area (Å²) in [5, 5.41) is 2.20. The molecule has 1 N–H and O–H groups in total. The molecule has 0 bridgehead atoms. The Morgan fingerprint density at radius 3 is 2.42 bits per heavy atom. The van der Waals surface area contributed by atoms with Crippen molar-refractivity contribution >= 4 is 35.4 Å². The Hall–Kier alpha value is -2.93. The van der Waals surface area contributed by atoms with Crippen molar-refractivity contribution in [1.29, 1.82) is 0 Å². The Morgan fingerprint density at radius 1 is 0.923 bits per heavy atom. The number of benzene rings is 2. The predicted octanol–water partition coefficient (Wildman–Crippen LogP) is 2.24. The molecule has 0 aliphatic carbocycles. The third-order valence-corrected chi connectivity index (χ3v) is 5.47. The average Bonchev–Trinajstić information content (AvgIpc) is 2.88. The van der Waals surface area contributed by atoms with Gasteiger partial charge < -0.3 is 0 Å². The summed E-state index contributed by atoms with van der Waals surface area (Å²) in [7, 11) is 0. The van der Waals surface area contributed by atoms with Gasteiger partial charge in [0.25, 0.3) is 11.8 Å². The number of imide groups is 2. The fraction of sp³-hybridized carbons (Fsp3) is 0.158. The van der Waals surface area contributed by atoms with Crippen molar-refractivity contribution in [3.8, 4) is 0 Å². The summed E-state index contributed by atoms with van der Waals surface area (Å²) < 4.78 is 0. The van der Waals surface area contributed by atoms with E-state index in [4.69, 9.17) is 0 Å². The lowest BCUT2D eigenvalue weighted by molar-refractivity contribution is -0.136. The number of rotatable bonds is 3. The maximum atomic E-state index is 13.0. The first-order valence-corrected chi connectivity index (χ1v) is 8.95. The van der Waals surface area contributed by atoms with Crippen LogP contribution in [-0.4, -0.2) is 34.6 Å². The van der Waals surface area contributed by atoms with E-state index in [0.717, 1.165) is 9.80 Å². The highest BCUT2D eigenvalue weighted by molar-refractivity contribution is 7.99. The Bertz CT molecular complexity index is 942. The van der Waals surface area contributed by atoms with Crippen LogP contribution in [0.25, 0.3) is 0 Å². The molecule has 2 aliphatic heterocycles. The smallest absolute Gasteiger partial charge is 0.263 e. The van der Waals surface area contributed by atoms with Gasteiger partial charge in [-0.05, 0) is 30.7 Å². The van der Waals surface area contributed by atoms with Crippen LogP contribution in [0.15, 0.2) is 58.3 Å². The first-order valence-electron chi connectivity index (χ1n) is 8.14. The third-order valence-electron chi connectivity index (χ3n) is 4.40. The maximum Gasteiger partial charge on any atom is 0.263 e. The molecule has 2 aromatic carbocycles. The zero-order valence-corrected chi connectivity index (χ0v) is 14.4. The van der Waals surface area contributed by atoms with Crippen molar-refractivity contribution in [2.24, 2.45) is 0 Å². The van der Waals surface area contributed by atoms with E-state index in [1.807, 2.05) is 30.3 Å². The second-order valence-corrected chi connectivity index (χ2v) is 7.16. The normalized spacial score (nSPS) is 19.5. The van der Waals surface area contributed by atoms with Gasteiger partial charge in [-0.3, -0.25) is 29.4 Å². The number of nitrogens with one attached hydrogen (secondary N) is 1. The van der Waals surface area contributed by atoms with E-state index in [9.17, 15) is 19.2 Å². The Kier molecular flexibility index (Phi) is 4.08. The number of carbonyl (C=O) groups excluding carboxylic acids is 4. The summed E-state index contributed by atoms with van der Waals surface area (Å²) in [5.74, 6) is -1.97. The topological polar surface area (TPSA) is 83.6 Å². The lowest BCUT2D eigenvalue weighted by Gasteiger charge is -2.27. The van der Waals surface area contributed by atoms with Gasteiger partial charge >= 0.3 is 0 Å². The molecule has 6 nitrogen and oxygen atoms in total. The molecule has 130 valence electrons. The molecule has 0 aromatic heterocycles. The first kappa shape index (κ1) is 16.5. The molecule has 1 atom stereocenters. The van der Waals surface area contributed by atoms with Crippen molar-refractivity contribution in [3.63, 3.8) is 0 Å². The van der Waals surface area contributed by atoms with Crippen LogP contribution >= 0.6 is 11.8 Å². The van der Waals surface area contributed by atoms with Gasteiger partial charge in [0.2, 0.25) is 11.8 Å². The highest BCUT2D eigenvalue weighted by atomic mass is 32.2. The molecule has 0 spiro atoms. The van der Waals surface area contributed by atoms with Crippen molar-refractivity contribution in [2.75, 3.05) is 0 Å². The standard InChI is InChI=1S/C19H14N2O4S/c22-15-10-9-13(17(23)20-15)21-18(24)12-7-4-8-14(16(12)19(21)25)26-11-5-2-1-3-6-11/h1-8,13H,9-10H2,(H,20,22,23). The van der Waals surface area contributed by atoms with Gasteiger partial charge in [-0.1, -0.05) is 36.0 Å². The largest absolute Gasteiger partial charge is 0.295 e. The van der Waals surface area contributed by atoms with Crippen LogP contribution in [0.3, 0.4) is 0 Å². The SMILES string of the molecule is O=C1CCC(N2C(=O)c3cccc(Sc4ccccc4)c3C2=O)C(=O)N1. The minimum atomic E-state index is -0.949. The number of hydrogen-bond donors (Lipinski definition) is 1. The highest BCUT2D eigenvalue weighted by Crippen LogP contribution is 2.37. The predicted molar refractivity (Wildman–Crippen MR) is 93.7 cm³/mol. The summed E-state index contributed by atoms with van der Waals surface area (Å²) in [5.41, 5.74) is 0.608. The second-order valence-electron chi connectivity index (χ2n) is 6.04. The molecule has 7 heteroatoms. The Labute approximate surface area is 153 Å². The molecule has 2 heterocycles. The minimum absolute atomic E-state index is 0.107. The fourth-order valence-electron chi connectivity index (χ4n) is 3.18. The van der Waals surface area contributed by atoms with Crippen LogP contribution in [0.5, 0.6) is 0 Å². The molecule has 4 amide bonds. The molecular formula is C19H14N2O4S. The van der Waals surface area contributed by atoms with E-state index >= 15 is 0 Å². The van der Waals surface area contributed by atoms with Crippen molar-refractivity contribution < 1.29 is 19.2 Å². The third kappa shape index (κ3) is 2.70. The molecule has 4 rings (SSSR count). The van der Waals surface area contributed by atoms with Crippen LogP contribution in [0.2, 0.25) is 0 Å². The van der Waals surface area contributed by atoms with Gasteiger partial charge in [0.05, 0.1) is 11.1 Å². The Morgan fingerprint density at radius 2 is 1.69 bits per heavy atom. The zero-order valence-electron chi connectivity index (χ0n) is 13.6. The van der Waals surface area contributed by atoms with E-state index < -0.39 is 23.8 Å². The van der Waals surface area contributed by atoms with E-state index in [2.05, 4.69) is 5.32 Å². The maximum absolute atomic E-state index is 13.0. The monoisotopic (exact) mass is 366 g/mol. The van der Waals surface area contributed by atoms with Crippen LogP contribution < -0.4 is 5.32 Å². The van der Waals surface area contributed by atoms with Gasteiger partial charge in [0.1, 0.15) is 6.04 Å². The van der Waals surface area contributed by atoms with Crippen LogP contribution in [0, 0.1) is 0 Å². The van der Waals surface area contributed by atoms with E-state index in [0.29, 0.717) is 16.0 Å². The number of nitrogens with zero attached hydrogens (tertiary/aromatic N) is 1. The van der Waals surface area contributed by atoms with E-state index in [1.165, 1.54) is 11.8 Å². The van der Waals surface area contributed by atoms with Crippen LogP contribution in [0.1, 0.15) is 33.6 Å². The molecule has 1 saturated heterocycles. The van der Waals surface area contributed by atoms with Gasteiger partial charge in [-0.25, -0.2) is 0 Å².